The lowest BCUT2D eigenvalue weighted by Gasteiger charge is -2.24. The molecular formula is C17H26F2N2O. The molecule has 1 heterocycles. The van der Waals surface area contributed by atoms with E-state index < -0.39 is 17.7 Å². The van der Waals surface area contributed by atoms with Gasteiger partial charge in [-0.1, -0.05) is 19.9 Å². The van der Waals surface area contributed by atoms with Gasteiger partial charge in [0, 0.05) is 31.3 Å². The van der Waals surface area contributed by atoms with E-state index in [-0.39, 0.29) is 5.56 Å². The second-order valence-corrected chi connectivity index (χ2v) is 6.08. The van der Waals surface area contributed by atoms with Gasteiger partial charge in [-0.3, -0.25) is 0 Å². The number of halogens is 2. The molecule has 1 N–H and O–H groups in total. The van der Waals surface area contributed by atoms with Crippen molar-refractivity contribution in [2.75, 3.05) is 39.3 Å². The second kappa shape index (κ2) is 7.99. The van der Waals surface area contributed by atoms with Crippen molar-refractivity contribution in [2.24, 2.45) is 5.92 Å². The molecule has 1 saturated heterocycles. The zero-order chi connectivity index (χ0) is 16.1. The molecule has 5 heteroatoms. The van der Waals surface area contributed by atoms with E-state index in [0.29, 0.717) is 12.5 Å². The normalized spacial score (nSPS) is 20.7. The van der Waals surface area contributed by atoms with Crippen LogP contribution in [0.15, 0.2) is 18.2 Å². The molecule has 1 aliphatic heterocycles. The zero-order valence-corrected chi connectivity index (χ0v) is 13.4. The van der Waals surface area contributed by atoms with E-state index >= 15 is 0 Å². The van der Waals surface area contributed by atoms with E-state index in [4.69, 9.17) is 0 Å². The minimum Gasteiger partial charge on any atom is -0.387 e. The molecule has 1 aromatic carbocycles. The largest absolute Gasteiger partial charge is 0.387 e. The standard InChI is InChI=1S/C17H26F2N2O/c1-3-20(4-2)10-13-7-8-21(11-13)12-17(22)15-6-5-14(18)9-16(15)19/h5-6,9,13,17,22H,3-4,7-8,10-12H2,1-2H3. The first-order chi connectivity index (χ1) is 10.5. The Morgan fingerprint density at radius 3 is 2.68 bits per heavy atom. The molecule has 0 bridgehead atoms. The van der Waals surface area contributed by atoms with Gasteiger partial charge >= 0.3 is 0 Å². The van der Waals surface area contributed by atoms with E-state index in [0.717, 1.165) is 45.2 Å². The SMILES string of the molecule is CCN(CC)CC1CCN(CC(O)c2ccc(F)cc2F)C1. The van der Waals surface area contributed by atoms with Gasteiger partial charge in [0.05, 0.1) is 6.10 Å². The van der Waals surface area contributed by atoms with Crippen LogP contribution in [0.3, 0.4) is 0 Å². The zero-order valence-electron chi connectivity index (χ0n) is 13.4. The lowest BCUT2D eigenvalue weighted by molar-refractivity contribution is 0.119. The third-order valence-electron chi connectivity index (χ3n) is 4.53. The number of rotatable bonds is 7. The third-order valence-corrected chi connectivity index (χ3v) is 4.53. The molecule has 0 radical (unpaired) electrons. The fourth-order valence-electron chi connectivity index (χ4n) is 3.19. The van der Waals surface area contributed by atoms with Crippen LogP contribution in [0.1, 0.15) is 31.9 Å². The molecule has 1 fully saturated rings. The average Bonchev–Trinajstić information content (AvgIpc) is 2.91. The summed E-state index contributed by atoms with van der Waals surface area (Å²) in [4.78, 5) is 4.58. The lowest BCUT2D eigenvalue weighted by atomic mass is 10.1. The Morgan fingerprint density at radius 1 is 1.32 bits per heavy atom. The summed E-state index contributed by atoms with van der Waals surface area (Å²) in [6.07, 6.45) is 0.197. The molecule has 2 rings (SSSR count). The van der Waals surface area contributed by atoms with Gasteiger partial charge in [0.2, 0.25) is 0 Å². The fraction of sp³-hybridized carbons (Fsp3) is 0.647. The Balaban J connectivity index is 1.86. The molecule has 3 nitrogen and oxygen atoms in total. The molecule has 2 unspecified atom stereocenters. The van der Waals surface area contributed by atoms with Crippen LogP contribution in [-0.4, -0.2) is 54.2 Å². The Kier molecular flexibility index (Phi) is 6.29. The maximum Gasteiger partial charge on any atom is 0.131 e. The van der Waals surface area contributed by atoms with Crippen molar-refractivity contribution in [3.63, 3.8) is 0 Å². The minimum atomic E-state index is -0.909. The summed E-state index contributed by atoms with van der Waals surface area (Å²) in [7, 11) is 0. The first-order valence-electron chi connectivity index (χ1n) is 8.11. The number of aliphatic hydroxyl groups is 1. The van der Waals surface area contributed by atoms with Crippen LogP contribution < -0.4 is 0 Å². The van der Waals surface area contributed by atoms with Crippen molar-refractivity contribution in [3.8, 4) is 0 Å². The van der Waals surface area contributed by atoms with Crippen LogP contribution in [0.2, 0.25) is 0 Å². The summed E-state index contributed by atoms with van der Waals surface area (Å²) in [5.41, 5.74) is 0.175. The molecule has 0 aliphatic carbocycles. The van der Waals surface area contributed by atoms with Crippen molar-refractivity contribution in [1.29, 1.82) is 0 Å². The maximum atomic E-state index is 13.7. The molecular weight excluding hydrogens is 286 g/mol. The number of hydrogen-bond acceptors (Lipinski definition) is 3. The summed E-state index contributed by atoms with van der Waals surface area (Å²) >= 11 is 0. The molecule has 0 spiro atoms. The van der Waals surface area contributed by atoms with E-state index in [2.05, 4.69) is 23.6 Å². The number of likely N-dealkylation sites (tertiary alicyclic amines) is 1. The van der Waals surface area contributed by atoms with E-state index in [1.807, 2.05) is 0 Å². The molecule has 1 aliphatic rings. The van der Waals surface area contributed by atoms with Crippen molar-refractivity contribution < 1.29 is 13.9 Å². The van der Waals surface area contributed by atoms with E-state index in [9.17, 15) is 13.9 Å². The summed E-state index contributed by atoms with van der Waals surface area (Å²) in [6.45, 7) is 9.76. The number of aliphatic hydroxyl groups excluding tert-OH is 1. The molecule has 0 saturated carbocycles. The number of nitrogens with zero attached hydrogens (tertiary/aromatic N) is 2. The van der Waals surface area contributed by atoms with Crippen LogP contribution in [0.4, 0.5) is 8.78 Å². The molecule has 124 valence electrons. The highest BCUT2D eigenvalue weighted by atomic mass is 19.1. The summed E-state index contributed by atoms with van der Waals surface area (Å²) in [5.74, 6) is -0.689. The quantitative estimate of drug-likeness (QED) is 0.838. The predicted octanol–water partition coefficient (Wildman–Crippen LogP) is 2.66. The number of hydrogen-bond donors (Lipinski definition) is 1. The van der Waals surface area contributed by atoms with Crippen LogP contribution in [0.5, 0.6) is 0 Å². The van der Waals surface area contributed by atoms with Crippen LogP contribution in [-0.2, 0) is 0 Å². The Labute approximate surface area is 131 Å². The van der Waals surface area contributed by atoms with E-state index in [1.54, 1.807) is 0 Å². The molecule has 2 atom stereocenters. The van der Waals surface area contributed by atoms with Crippen molar-refractivity contribution in [1.82, 2.24) is 9.80 Å². The third kappa shape index (κ3) is 4.48. The fourth-order valence-corrected chi connectivity index (χ4v) is 3.19. The molecule has 1 aromatic rings. The average molecular weight is 312 g/mol. The van der Waals surface area contributed by atoms with Crippen LogP contribution >= 0.6 is 0 Å². The molecule has 0 amide bonds. The topological polar surface area (TPSA) is 26.7 Å². The maximum absolute atomic E-state index is 13.7. The number of benzene rings is 1. The van der Waals surface area contributed by atoms with Crippen molar-refractivity contribution >= 4 is 0 Å². The van der Waals surface area contributed by atoms with Crippen LogP contribution in [0, 0.1) is 17.6 Å². The Hall–Kier alpha value is -1.04. The Bertz CT molecular complexity index is 480. The summed E-state index contributed by atoms with van der Waals surface area (Å²) in [5, 5.41) is 10.2. The van der Waals surface area contributed by atoms with Gasteiger partial charge < -0.3 is 14.9 Å². The minimum absolute atomic E-state index is 0.175. The van der Waals surface area contributed by atoms with E-state index in [1.165, 1.54) is 12.1 Å². The first kappa shape index (κ1) is 17.3. The highest BCUT2D eigenvalue weighted by molar-refractivity contribution is 5.21. The lowest BCUT2D eigenvalue weighted by Crippen LogP contribution is -2.32. The van der Waals surface area contributed by atoms with Gasteiger partial charge in [0.25, 0.3) is 0 Å². The number of β-amino-alcohol motifs (C(OH)–C–C–N with tert-alkyl or cyclic N) is 1. The highest BCUT2D eigenvalue weighted by Gasteiger charge is 2.26. The van der Waals surface area contributed by atoms with Gasteiger partial charge in [-0.05, 0) is 38.0 Å². The predicted molar refractivity (Wildman–Crippen MR) is 83.7 cm³/mol. The monoisotopic (exact) mass is 312 g/mol. The van der Waals surface area contributed by atoms with Gasteiger partial charge in [-0.25, -0.2) is 8.78 Å². The van der Waals surface area contributed by atoms with Crippen molar-refractivity contribution in [3.05, 3.63) is 35.4 Å². The van der Waals surface area contributed by atoms with Gasteiger partial charge in [-0.2, -0.15) is 0 Å². The van der Waals surface area contributed by atoms with Gasteiger partial charge in [-0.15, -0.1) is 0 Å². The second-order valence-electron chi connectivity index (χ2n) is 6.08. The summed E-state index contributed by atoms with van der Waals surface area (Å²) in [6, 6.07) is 3.35. The van der Waals surface area contributed by atoms with Crippen LogP contribution in [0.25, 0.3) is 0 Å². The van der Waals surface area contributed by atoms with Gasteiger partial charge in [0.1, 0.15) is 11.6 Å². The summed E-state index contributed by atoms with van der Waals surface area (Å²) < 4.78 is 26.6. The Morgan fingerprint density at radius 2 is 2.05 bits per heavy atom. The van der Waals surface area contributed by atoms with Gasteiger partial charge in [0.15, 0.2) is 0 Å². The van der Waals surface area contributed by atoms with Crippen molar-refractivity contribution in [2.45, 2.75) is 26.4 Å². The first-order valence-corrected chi connectivity index (χ1v) is 8.11. The smallest absolute Gasteiger partial charge is 0.131 e. The molecule has 0 aromatic heterocycles. The highest BCUT2D eigenvalue weighted by Crippen LogP contribution is 2.23. The molecule has 22 heavy (non-hydrogen) atoms.